The van der Waals surface area contributed by atoms with Gasteiger partial charge in [0.15, 0.2) is 0 Å². The number of imidazole rings is 1. The van der Waals surface area contributed by atoms with Crippen molar-refractivity contribution in [2.45, 2.75) is 26.9 Å². The Bertz CT molecular complexity index is 343. The molecule has 84 valence electrons. The minimum absolute atomic E-state index is 0.299. The van der Waals surface area contributed by atoms with Gasteiger partial charge in [0, 0.05) is 19.3 Å². The van der Waals surface area contributed by atoms with Gasteiger partial charge in [0.25, 0.3) is 0 Å². The first-order valence-electron chi connectivity index (χ1n) is 4.91. The third-order valence-electron chi connectivity index (χ3n) is 2.39. The van der Waals surface area contributed by atoms with E-state index in [1.165, 1.54) is 0 Å². The number of aromatic nitrogens is 2. The van der Waals surface area contributed by atoms with Crippen LogP contribution in [0.1, 0.15) is 19.5 Å². The predicted molar refractivity (Wildman–Crippen MR) is 58.0 cm³/mol. The fraction of sp³-hybridized carbons (Fsp3) is 0.600. The Morgan fingerprint density at radius 3 is 2.87 bits per heavy atom. The number of carbonyl (C=O) groups is 1. The van der Waals surface area contributed by atoms with Crippen LogP contribution >= 0.6 is 0 Å². The van der Waals surface area contributed by atoms with Gasteiger partial charge in [-0.15, -0.1) is 0 Å². The van der Waals surface area contributed by atoms with Crippen molar-refractivity contribution in [3.05, 3.63) is 18.2 Å². The van der Waals surface area contributed by atoms with Gasteiger partial charge in [0.05, 0.1) is 17.4 Å². The van der Waals surface area contributed by atoms with E-state index in [9.17, 15) is 4.79 Å². The summed E-state index contributed by atoms with van der Waals surface area (Å²) in [6.07, 6.45) is 3.50. The SMILES string of the molecule is CNCc1cncn1CC(C)(C)C(N)=O. The molecule has 15 heavy (non-hydrogen) atoms. The molecule has 5 nitrogen and oxygen atoms in total. The summed E-state index contributed by atoms with van der Waals surface area (Å²) in [5, 5.41) is 3.05. The van der Waals surface area contributed by atoms with E-state index in [-0.39, 0.29) is 5.91 Å². The lowest BCUT2D eigenvalue weighted by Gasteiger charge is -2.22. The van der Waals surface area contributed by atoms with Gasteiger partial charge in [-0.05, 0) is 20.9 Å². The van der Waals surface area contributed by atoms with Gasteiger partial charge in [-0.3, -0.25) is 4.79 Å². The lowest BCUT2D eigenvalue weighted by Crippen LogP contribution is -2.35. The highest BCUT2D eigenvalue weighted by Crippen LogP contribution is 2.18. The lowest BCUT2D eigenvalue weighted by molar-refractivity contribution is -0.126. The van der Waals surface area contributed by atoms with Gasteiger partial charge in [0.1, 0.15) is 0 Å². The number of hydrogen-bond acceptors (Lipinski definition) is 3. The summed E-state index contributed by atoms with van der Waals surface area (Å²) in [6.45, 7) is 4.95. The molecule has 0 atom stereocenters. The Labute approximate surface area is 89.7 Å². The molecular weight excluding hydrogens is 192 g/mol. The maximum absolute atomic E-state index is 11.2. The highest BCUT2D eigenvalue weighted by molar-refractivity contribution is 5.79. The van der Waals surface area contributed by atoms with Crippen LogP contribution in [0.25, 0.3) is 0 Å². The van der Waals surface area contributed by atoms with Crippen LogP contribution in [0.2, 0.25) is 0 Å². The standard InChI is InChI=1S/C10H18N4O/c1-10(2,9(11)15)6-14-7-13-5-8(14)4-12-3/h5,7,12H,4,6H2,1-3H3,(H2,11,15). The molecule has 0 saturated heterocycles. The van der Waals surface area contributed by atoms with Crippen LogP contribution in [0.3, 0.4) is 0 Å². The molecule has 1 rings (SSSR count). The molecule has 0 fully saturated rings. The van der Waals surface area contributed by atoms with Gasteiger partial charge in [-0.1, -0.05) is 0 Å². The normalized spacial score (nSPS) is 11.7. The zero-order valence-electron chi connectivity index (χ0n) is 9.45. The summed E-state index contributed by atoms with van der Waals surface area (Å²) in [4.78, 5) is 15.2. The molecule has 0 radical (unpaired) electrons. The Kier molecular flexibility index (Phi) is 3.47. The number of rotatable bonds is 5. The summed E-state index contributed by atoms with van der Waals surface area (Å²) in [7, 11) is 1.87. The van der Waals surface area contributed by atoms with Crippen molar-refractivity contribution in [2.75, 3.05) is 7.05 Å². The van der Waals surface area contributed by atoms with E-state index >= 15 is 0 Å². The highest BCUT2D eigenvalue weighted by Gasteiger charge is 2.26. The van der Waals surface area contributed by atoms with Crippen molar-refractivity contribution in [2.24, 2.45) is 11.1 Å². The van der Waals surface area contributed by atoms with Crippen molar-refractivity contribution < 1.29 is 4.79 Å². The molecule has 0 aliphatic carbocycles. The molecule has 0 spiro atoms. The Morgan fingerprint density at radius 1 is 1.67 bits per heavy atom. The van der Waals surface area contributed by atoms with E-state index in [1.807, 2.05) is 25.5 Å². The van der Waals surface area contributed by atoms with Crippen LogP contribution in [-0.4, -0.2) is 22.5 Å². The number of carbonyl (C=O) groups excluding carboxylic acids is 1. The van der Waals surface area contributed by atoms with E-state index in [4.69, 9.17) is 5.73 Å². The van der Waals surface area contributed by atoms with Gasteiger partial charge in [0.2, 0.25) is 5.91 Å². The molecule has 0 bridgehead atoms. The van der Waals surface area contributed by atoms with Crippen LogP contribution in [0, 0.1) is 5.41 Å². The van der Waals surface area contributed by atoms with Gasteiger partial charge in [-0.2, -0.15) is 0 Å². The summed E-state index contributed by atoms with van der Waals surface area (Å²) in [5.41, 5.74) is 5.82. The minimum Gasteiger partial charge on any atom is -0.369 e. The molecule has 0 aromatic carbocycles. The van der Waals surface area contributed by atoms with E-state index in [0.29, 0.717) is 6.54 Å². The monoisotopic (exact) mass is 210 g/mol. The molecule has 0 aliphatic heterocycles. The number of amides is 1. The lowest BCUT2D eigenvalue weighted by atomic mass is 9.92. The number of nitrogens with one attached hydrogen (secondary N) is 1. The molecule has 0 unspecified atom stereocenters. The number of nitrogens with two attached hydrogens (primary N) is 1. The number of primary amides is 1. The maximum atomic E-state index is 11.2. The fourth-order valence-electron chi connectivity index (χ4n) is 1.32. The van der Waals surface area contributed by atoms with Crippen LogP contribution in [0.5, 0.6) is 0 Å². The molecular formula is C10H18N4O. The number of hydrogen-bond donors (Lipinski definition) is 2. The zero-order valence-corrected chi connectivity index (χ0v) is 9.45. The third-order valence-corrected chi connectivity index (χ3v) is 2.39. The molecule has 0 aliphatic rings. The number of nitrogens with zero attached hydrogens (tertiary/aromatic N) is 2. The average Bonchev–Trinajstić information content (AvgIpc) is 2.52. The van der Waals surface area contributed by atoms with E-state index < -0.39 is 5.41 Å². The molecule has 1 heterocycles. The van der Waals surface area contributed by atoms with Gasteiger partial charge >= 0.3 is 0 Å². The van der Waals surface area contributed by atoms with Crippen molar-refractivity contribution in [1.29, 1.82) is 0 Å². The van der Waals surface area contributed by atoms with E-state index in [0.717, 1.165) is 12.2 Å². The Hall–Kier alpha value is -1.36. The van der Waals surface area contributed by atoms with Crippen LogP contribution < -0.4 is 11.1 Å². The smallest absolute Gasteiger partial charge is 0.224 e. The van der Waals surface area contributed by atoms with Gasteiger partial charge in [-0.25, -0.2) is 4.98 Å². The first-order chi connectivity index (χ1) is 6.97. The minimum atomic E-state index is -0.552. The van der Waals surface area contributed by atoms with Gasteiger partial charge < -0.3 is 15.6 Å². The topological polar surface area (TPSA) is 72.9 Å². The second-order valence-electron chi connectivity index (χ2n) is 4.29. The molecule has 3 N–H and O–H groups in total. The maximum Gasteiger partial charge on any atom is 0.224 e. The summed E-state index contributed by atoms with van der Waals surface area (Å²) < 4.78 is 1.95. The molecule has 1 aromatic heterocycles. The first-order valence-corrected chi connectivity index (χ1v) is 4.91. The fourth-order valence-corrected chi connectivity index (χ4v) is 1.32. The quantitative estimate of drug-likeness (QED) is 0.724. The average molecular weight is 210 g/mol. The second kappa shape index (κ2) is 4.44. The first kappa shape index (κ1) is 11.7. The predicted octanol–water partition coefficient (Wildman–Crippen LogP) is 0.114. The zero-order chi connectivity index (χ0) is 11.5. The van der Waals surface area contributed by atoms with E-state index in [2.05, 4.69) is 10.3 Å². The highest BCUT2D eigenvalue weighted by atomic mass is 16.1. The summed E-state index contributed by atoms with van der Waals surface area (Å²) in [5.74, 6) is -0.299. The largest absolute Gasteiger partial charge is 0.369 e. The van der Waals surface area contributed by atoms with Crippen molar-refractivity contribution in [3.63, 3.8) is 0 Å². The van der Waals surface area contributed by atoms with Crippen LogP contribution in [0.4, 0.5) is 0 Å². The van der Waals surface area contributed by atoms with Crippen molar-refractivity contribution in [3.8, 4) is 0 Å². The van der Waals surface area contributed by atoms with Crippen LogP contribution in [0.15, 0.2) is 12.5 Å². The second-order valence-corrected chi connectivity index (χ2v) is 4.29. The Balaban J connectivity index is 2.80. The van der Waals surface area contributed by atoms with E-state index in [1.54, 1.807) is 12.5 Å². The van der Waals surface area contributed by atoms with Crippen molar-refractivity contribution >= 4 is 5.91 Å². The van der Waals surface area contributed by atoms with Crippen molar-refractivity contribution in [1.82, 2.24) is 14.9 Å². The molecule has 1 amide bonds. The molecule has 0 saturated carbocycles. The summed E-state index contributed by atoms with van der Waals surface area (Å²) in [6, 6.07) is 0. The van der Waals surface area contributed by atoms with Crippen LogP contribution in [-0.2, 0) is 17.9 Å². The summed E-state index contributed by atoms with van der Waals surface area (Å²) >= 11 is 0. The Morgan fingerprint density at radius 2 is 2.33 bits per heavy atom. The third kappa shape index (κ3) is 2.79. The molecule has 1 aromatic rings. The molecule has 5 heteroatoms.